The summed E-state index contributed by atoms with van der Waals surface area (Å²) < 4.78 is 11.0. The van der Waals surface area contributed by atoms with Gasteiger partial charge < -0.3 is 14.6 Å². The molecule has 3 rings (SSSR count). The van der Waals surface area contributed by atoms with Gasteiger partial charge in [-0.05, 0) is 35.9 Å². The molecular weight excluding hydrogens is 350 g/mol. The molecule has 0 saturated carbocycles. The summed E-state index contributed by atoms with van der Waals surface area (Å²) in [4.78, 5) is 17.5. The van der Waals surface area contributed by atoms with Gasteiger partial charge in [-0.15, -0.1) is 11.3 Å². The summed E-state index contributed by atoms with van der Waals surface area (Å²) in [6, 6.07) is 11.6. The van der Waals surface area contributed by atoms with E-state index in [1.165, 1.54) is 11.3 Å². The molecule has 0 radical (unpaired) electrons. The van der Waals surface area contributed by atoms with E-state index in [1.807, 2.05) is 41.8 Å². The van der Waals surface area contributed by atoms with Crippen molar-refractivity contribution in [3.8, 4) is 16.5 Å². The molecule has 6 nitrogen and oxygen atoms in total. The highest BCUT2D eigenvalue weighted by Gasteiger charge is 2.18. The number of para-hydroxylation sites is 1. The molecule has 0 spiro atoms. The van der Waals surface area contributed by atoms with Gasteiger partial charge in [0.1, 0.15) is 5.75 Å². The lowest BCUT2D eigenvalue weighted by Crippen LogP contribution is -2.36. The molecule has 0 unspecified atom stereocenters. The molecule has 2 aromatic heterocycles. The summed E-state index contributed by atoms with van der Waals surface area (Å²) in [6.07, 6.45) is -0.630. The minimum absolute atomic E-state index is 0.163. The Bertz CT molecular complexity index is 859. The molecule has 0 aliphatic rings. The van der Waals surface area contributed by atoms with Gasteiger partial charge >= 0.3 is 0 Å². The fourth-order valence-corrected chi connectivity index (χ4v) is 3.10. The van der Waals surface area contributed by atoms with Crippen molar-refractivity contribution in [2.45, 2.75) is 39.3 Å². The van der Waals surface area contributed by atoms with Crippen molar-refractivity contribution in [1.82, 2.24) is 15.5 Å². The lowest BCUT2D eigenvalue weighted by molar-refractivity contribution is -0.127. The van der Waals surface area contributed by atoms with Crippen LogP contribution in [0, 0.1) is 0 Å². The van der Waals surface area contributed by atoms with Crippen molar-refractivity contribution in [3.63, 3.8) is 0 Å². The van der Waals surface area contributed by atoms with Gasteiger partial charge in [0.15, 0.2) is 6.10 Å². The van der Waals surface area contributed by atoms with Crippen LogP contribution in [0.1, 0.15) is 38.1 Å². The Balaban J connectivity index is 1.57. The molecule has 1 atom stereocenters. The molecule has 7 heteroatoms. The third kappa shape index (κ3) is 4.29. The highest BCUT2D eigenvalue weighted by Crippen LogP contribution is 2.26. The maximum Gasteiger partial charge on any atom is 0.261 e. The van der Waals surface area contributed by atoms with E-state index in [-0.39, 0.29) is 12.5 Å². The number of nitrogens with zero attached hydrogens (tertiary/aromatic N) is 2. The topological polar surface area (TPSA) is 77.2 Å². The van der Waals surface area contributed by atoms with Crippen molar-refractivity contribution >= 4 is 17.2 Å². The van der Waals surface area contributed by atoms with Crippen LogP contribution in [-0.2, 0) is 11.3 Å². The number of carbonyl (C=O) groups is 1. The maximum absolute atomic E-state index is 12.3. The number of hydrogen-bond donors (Lipinski definition) is 1. The zero-order chi connectivity index (χ0) is 18.5. The van der Waals surface area contributed by atoms with Gasteiger partial charge in [-0.3, -0.25) is 4.79 Å². The average Bonchev–Trinajstić information content (AvgIpc) is 3.31. The first-order valence-electron chi connectivity index (χ1n) is 8.44. The Morgan fingerprint density at radius 1 is 1.23 bits per heavy atom. The summed E-state index contributed by atoms with van der Waals surface area (Å²) in [5.74, 6) is 1.69. The van der Waals surface area contributed by atoms with E-state index in [2.05, 4.69) is 29.3 Å². The molecule has 2 heterocycles. The molecule has 0 bridgehead atoms. The van der Waals surface area contributed by atoms with Gasteiger partial charge in [-0.25, -0.2) is 0 Å². The lowest BCUT2D eigenvalue weighted by Gasteiger charge is -2.18. The Morgan fingerprint density at radius 2 is 2.04 bits per heavy atom. The smallest absolute Gasteiger partial charge is 0.261 e. The van der Waals surface area contributed by atoms with Gasteiger partial charge in [-0.1, -0.05) is 43.3 Å². The molecule has 136 valence electrons. The van der Waals surface area contributed by atoms with Crippen LogP contribution in [0.3, 0.4) is 0 Å². The fourth-order valence-electron chi connectivity index (χ4n) is 2.45. The molecule has 0 fully saturated rings. The van der Waals surface area contributed by atoms with Crippen molar-refractivity contribution in [2.24, 2.45) is 0 Å². The summed E-state index contributed by atoms with van der Waals surface area (Å²) in [6.45, 7) is 6.06. The second kappa shape index (κ2) is 8.14. The van der Waals surface area contributed by atoms with Gasteiger partial charge in [-0.2, -0.15) is 4.98 Å². The number of rotatable bonds is 7. The van der Waals surface area contributed by atoms with Crippen LogP contribution in [0.2, 0.25) is 0 Å². The Kier molecular flexibility index (Phi) is 5.68. The molecular formula is C19H21N3O3S. The predicted octanol–water partition coefficient (Wildman–Crippen LogP) is 4.01. The van der Waals surface area contributed by atoms with E-state index >= 15 is 0 Å². The number of nitrogens with one attached hydrogen (secondary N) is 1. The molecule has 0 saturated heterocycles. The number of aromatic nitrogens is 2. The number of amides is 1. The van der Waals surface area contributed by atoms with E-state index in [4.69, 9.17) is 9.26 Å². The van der Waals surface area contributed by atoms with E-state index in [0.29, 0.717) is 17.6 Å². The number of thiophene rings is 1. The third-order valence-corrected chi connectivity index (χ3v) is 4.70. The number of benzene rings is 1. The minimum atomic E-state index is -0.630. The highest BCUT2D eigenvalue weighted by atomic mass is 32.1. The average molecular weight is 371 g/mol. The largest absolute Gasteiger partial charge is 0.481 e. The minimum Gasteiger partial charge on any atom is -0.481 e. The quantitative estimate of drug-likeness (QED) is 0.679. The van der Waals surface area contributed by atoms with Crippen LogP contribution >= 0.6 is 11.3 Å². The lowest BCUT2D eigenvalue weighted by atomic mass is 10.0. The summed E-state index contributed by atoms with van der Waals surface area (Å²) >= 11 is 1.53. The monoisotopic (exact) mass is 371 g/mol. The standard InChI is InChI=1S/C19H21N3O3S/c1-12(2)14-7-4-5-8-15(14)24-13(3)19(23)20-11-17-21-18(22-25-17)16-9-6-10-26-16/h4-10,12-13H,11H2,1-3H3,(H,20,23)/t13-/m1/s1. The van der Waals surface area contributed by atoms with Crippen LogP contribution in [0.5, 0.6) is 5.75 Å². The van der Waals surface area contributed by atoms with Crippen LogP contribution < -0.4 is 10.1 Å². The van der Waals surface area contributed by atoms with Crippen molar-refractivity contribution in [2.75, 3.05) is 0 Å². The van der Waals surface area contributed by atoms with Crippen molar-refractivity contribution in [1.29, 1.82) is 0 Å². The highest BCUT2D eigenvalue weighted by molar-refractivity contribution is 7.13. The third-order valence-electron chi connectivity index (χ3n) is 3.84. The first-order chi connectivity index (χ1) is 12.5. The zero-order valence-corrected chi connectivity index (χ0v) is 15.7. The first kappa shape index (κ1) is 18.1. The molecule has 3 aromatic rings. The summed E-state index contributed by atoms with van der Waals surface area (Å²) in [5.41, 5.74) is 1.07. The van der Waals surface area contributed by atoms with E-state index in [1.54, 1.807) is 6.92 Å². The fraction of sp³-hybridized carbons (Fsp3) is 0.316. The Labute approximate surface area is 156 Å². The van der Waals surface area contributed by atoms with Gasteiger partial charge in [0.2, 0.25) is 11.7 Å². The number of hydrogen-bond acceptors (Lipinski definition) is 6. The molecule has 0 aliphatic heterocycles. The van der Waals surface area contributed by atoms with E-state index in [0.717, 1.165) is 16.2 Å². The van der Waals surface area contributed by atoms with Crippen LogP contribution in [0.4, 0.5) is 0 Å². The Morgan fingerprint density at radius 3 is 2.77 bits per heavy atom. The van der Waals surface area contributed by atoms with Gasteiger partial charge in [0.05, 0.1) is 11.4 Å². The van der Waals surface area contributed by atoms with Crippen molar-refractivity contribution < 1.29 is 14.1 Å². The van der Waals surface area contributed by atoms with E-state index in [9.17, 15) is 4.79 Å². The van der Waals surface area contributed by atoms with Crippen LogP contribution in [0.25, 0.3) is 10.7 Å². The maximum atomic E-state index is 12.3. The second-order valence-corrected chi connectivity index (χ2v) is 7.11. The number of ether oxygens (including phenoxy) is 1. The Hall–Kier alpha value is -2.67. The molecule has 1 amide bonds. The van der Waals surface area contributed by atoms with Crippen molar-refractivity contribution in [3.05, 3.63) is 53.2 Å². The van der Waals surface area contributed by atoms with Crippen LogP contribution in [-0.4, -0.2) is 22.2 Å². The summed E-state index contributed by atoms with van der Waals surface area (Å²) in [7, 11) is 0. The van der Waals surface area contributed by atoms with Gasteiger partial charge in [0.25, 0.3) is 5.91 Å². The predicted molar refractivity (Wildman–Crippen MR) is 100 cm³/mol. The number of carbonyl (C=O) groups excluding carboxylic acids is 1. The second-order valence-electron chi connectivity index (χ2n) is 6.16. The first-order valence-corrected chi connectivity index (χ1v) is 9.32. The van der Waals surface area contributed by atoms with Gasteiger partial charge in [0, 0.05) is 0 Å². The molecule has 1 N–H and O–H groups in total. The van der Waals surface area contributed by atoms with Crippen LogP contribution in [0.15, 0.2) is 46.3 Å². The zero-order valence-electron chi connectivity index (χ0n) is 14.9. The molecule has 26 heavy (non-hydrogen) atoms. The molecule has 1 aromatic carbocycles. The summed E-state index contributed by atoms with van der Waals surface area (Å²) in [5, 5.41) is 8.64. The van der Waals surface area contributed by atoms with E-state index < -0.39 is 6.10 Å². The normalized spacial score (nSPS) is 12.2. The SMILES string of the molecule is CC(C)c1ccccc1O[C@H](C)C(=O)NCc1nc(-c2cccs2)no1. The molecule has 0 aliphatic carbocycles.